The summed E-state index contributed by atoms with van der Waals surface area (Å²) in [5.41, 5.74) is 1.37. The number of hydrogen-bond donors (Lipinski definition) is 0. The Hall–Kier alpha value is -1.90. The molecule has 0 heterocycles. The minimum absolute atomic E-state index is 0.0574. The van der Waals surface area contributed by atoms with Gasteiger partial charge in [-0.1, -0.05) is 30.3 Å². The van der Waals surface area contributed by atoms with Crippen LogP contribution in [-0.2, 0) is 26.5 Å². The van der Waals surface area contributed by atoms with E-state index in [9.17, 15) is 16.8 Å². The van der Waals surface area contributed by atoms with Crippen molar-refractivity contribution >= 4 is 25.7 Å². The van der Waals surface area contributed by atoms with Crippen molar-refractivity contribution in [3.63, 3.8) is 0 Å². The van der Waals surface area contributed by atoms with Crippen LogP contribution in [0, 0.1) is 0 Å². The molecule has 25 heavy (non-hydrogen) atoms. The highest BCUT2D eigenvalue weighted by Crippen LogP contribution is 2.18. The smallest absolute Gasteiger partial charge is 0.242 e. The van der Waals surface area contributed by atoms with Gasteiger partial charge in [-0.3, -0.25) is 4.31 Å². The van der Waals surface area contributed by atoms with E-state index in [1.165, 1.54) is 37.6 Å². The van der Waals surface area contributed by atoms with Gasteiger partial charge in [0.2, 0.25) is 20.0 Å². The lowest BCUT2D eigenvalue weighted by Gasteiger charge is -2.19. The third kappa shape index (κ3) is 4.59. The van der Waals surface area contributed by atoms with Crippen LogP contribution in [0.25, 0.3) is 0 Å². The van der Waals surface area contributed by atoms with Crippen molar-refractivity contribution in [2.24, 2.45) is 0 Å². The Morgan fingerprint density at radius 2 is 1.36 bits per heavy atom. The molecule has 0 N–H and O–H groups in total. The molecule has 0 fully saturated rings. The minimum atomic E-state index is -3.48. The van der Waals surface area contributed by atoms with Gasteiger partial charge >= 0.3 is 0 Å². The van der Waals surface area contributed by atoms with Crippen LogP contribution >= 0.6 is 0 Å². The molecular formula is C17H22N2O4S2. The molecule has 6 nitrogen and oxygen atoms in total. The molecular weight excluding hydrogens is 360 g/mol. The molecule has 0 bridgehead atoms. The molecule has 0 saturated carbocycles. The largest absolute Gasteiger partial charge is 0.273 e. The Balaban J connectivity index is 2.08. The quantitative estimate of drug-likeness (QED) is 0.733. The average Bonchev–Trinajstić information content (AvgIpc) is 2.60. The first-order valence-corrected chi connectivity index (χ1v) is 10.7. The molecule has 2 rings (SSSR count). The van der Waals surface area contributed by atoms with Gasteiger partial charge in [0.15, 0.2) is 0 Å². The number of hydrogen-bond acceptors (Lipinski definition) is 4. The van der Waals surface area contributed by atoms with Crippen LogP contribution in [0.1, 0.15) is 5.56 Å². The van der Waals surface area contributed by atoms with Crippen molar-refractivity contribution < 1.29 is 16.8 Å². The van der Waals surface area contributed by atoms with Crippen molar-refractivity contribution in [3.8, 4) is 0 Å². The second kappa shape index (κ2) is 7.55. The first-order valence-electron chi connectivity index (χ1n) is 7.68. The van der Waals surface area contributed by atoms with E-state index < -0.39 is 20.0 Å². The van der Waals surface area contributed by atoms with Crippen molar-refractivity contribution in [2.75, 3.05) is 31.2 Å². The van der Waals surface area contributed by atoms with Gasteiger partial charge < -0.3 is 0 Å². The zero-order valence-electron chi connectivity index (χ0n) is 14.5. The number of anilines is 1. The first-order chi connectivity index (χ1) is 11.6. The summed E-state index contributed by atoms with van der Waals surface area (Å²) in [6, 6.07) is 15.2. The third-order valence-corrected chi connectivity index (χ3v) is 7.48. The second-order valence-corrected chi connectivity index (χ2v) is 10.1. The molecule has 136 valence electrons. The summed E-state index contributed by atoms with van der Waals surface area (Å²) >= 11 is 0. The number of rotatable bonds is 7. The van der Waals surface area contributed by atoms with E-state index in [-0.39, 0.29) is 10.6 Å². The molecule has 0 spiro atoms. The Kier molecular flexibility index (Phi) is 5.87. The van der Waals surface area contributed by atoms with E-state index in [1.807, 2.05) is 6.07 Å². The van der Waals surface area contributed by atoms with Gasteiger partial charge in [-0.15, -0.1) is 0 Å². The van der Waals surface area contributed by atoms with Crippen LogP contribution < -0.4 is 4.31 Å². The number of para-hydroxylation sites is 1. The SMILES string of the molecule is CN(c1ccccc1)S(=O)(=O)CCc1ccc(S(=O)(=O)N(C)C)cc1. The van der Waals surface area contributed by atoms with Crippen LogP contribution in [0.2, 0.25) is 0 Å². The summed E-state index contributed by atoms with van der Waals surface area (Å²) in [6.07, 6.45) is 0.307. The lowest BCUT2D eigenvalue weighted by Crippen LogP contribution is -2.29. The highest BCUT2D eigenvalue weighted by atomic mass is 32.2. The Morgan fingerprint density at radius 3 is 1.88 bits per heavy atom. The van der Waals surface area contributed by atoms with E-state index in [4.69, 9.17) is 0 Å². The number of sulfonamides is 2. The summed E-state index contributed by atoms with van der Waals surface area (Å²) in [5, 5.41) is 0. The minimum Gasteiger partial charge on any atom is -0.273 e. The maximum atomic E-state index is 12.4. The molecule has 0 aliphatic carbocycles. The van der Waals surface area contributed by atoms with Crippen LogP contribution in [0.5, 0.6) is 0 Å². The zero-order valence-corrected chi connectivity index (χ0v) is 16.1. The summed E-state index contributed by atoms with van der Waals surface area (Å²) in [4.78, 5) is 0.186. The highest BCUT2D eigenvalue weighted by molar-refractivity contribution is 7.92. The monoisotopic (exact) mass is 382 g/mol. The summed E-state index contributed by atoms with van der Waals surface area (Å²) < 4.78 is 51.3. The molecule has 0 atom stereocenters. The van der Waals surface area contributed by atoms with Gasteiger partial charge in [-0.05, 0) is 36.2 Å². The van der Waals surface area contributed by atoms with Crippen molar-refractivity contribution in [1.82, 2.24) is 4.31 Å². The van der Waals surface area contributed by atoms with E-state index in [0.29, 0.717) is 12.1 Å². The van der Waals surface area contributed by atoms with Gasteiger partial charge in [-0.25, -0.2) is 21.1 Å². The van der Waals surface area contributed by atoms with Crippen LogP contribution in [0.4, 0.5) is 5.69 Å². The van der Waals surface area contributed by atoms with Crippen molar-refractivity contribution in [3.05, 3.63) is 60.2 Å². The fraction of sp³-hybridized carbons (Fsp3) is 0.294. The molecule has 2 aromatic rings. The van der Waals surface area contributed by atoms with E-state index in [0.717, 1.165) is 9.87 Å². The molecule has 8 heteroatoms. The van der Waals surface area contributed by atoms with Gasteiger partial charge in [-0.2, -0.15) is 0 Å². The normalized spacial score (nSPS) is 12.3. The molecule has 0 radical (unpaired) electrons. The van der Waals surface area contributed by atoms with Crippen LogP contribution in [0.15, 0.2) is 59.5 Å². The van der Waals surface area contributed by atoms with Crippen molar-refractivity contribution in [2.45, 2.75) is 11.3 Å². The standard InChI is InChI=1S/C17H22N2O4S2/c1-18(2)25(22,23)17-11-9-15(10-12-17)13-14-24(20,21)19(3)16-7-5-4-6-8-16/h4-12H,13-14H2,1-3H3. The van der Waals surface area contributed by atoms with Gasteiger partial charge in [0.1, 0.15) is 0 Å². The Morgan fingerprint density at radius 1 is 0.800 bits per heavy atom. The first kappa shape index (κ1) is 19.4. The topological polar surface area (TPSA) is 74.8 Å². The van der Waals surface area contributed by atoms with Gasteiger partial charge in [0.05, 0.1) is 16.3 Å². The average molecular weight is 383 g/mol. The molecule has 0 saturated heterocycles. The fourth-order valence-electron chi connectivity index (χ4n) is 2.22. The molecule has 2 aromatic carbocycles. The van der Waals surface area contributed by atoms with Gasteiger partial charge in [0.25, 0.3) is 0 Å². The number of benzene rings is 2. The van der Waals surface area contributed by atoms with Gasteiger partial charge in [0, 0.05) is 21.1 Å². The lowest BCUT2D eigenvalue weighted by molar-refractivity contribution is 0.520. The maximum Gasteiger partial charge on any atom is 0.242 e. The highest BCUT2D eigenvalue weighted by Gasteiger charge is 2.19. The predicted molar refractivity (Wildman–Crippen MR) is 99.7 cm³/mol. The van der Waals surface area contributed by atoms with E-state index in [2.05, 4.69) is 0 Å². The molecule has 0 aliphatic heterocycles. The maximum absolute atomic E-state index is 12.4. The Labute approximate surface area is 149 Å². The molecule has 0 amide bonds. The second-order valence-electron chi connectivity index (χ2n) is 5.80. The van der Waals surface area contributed by atoms with E-state index in [1.54, 1.807) is 36.4 Å². The lowest BCUT2D eigenvalue weighted by atomic mass is 10.2. The van der Waals surface area contributed by atoms with Crippen LogP contribution in [0.3, 0.4) is 0 Å². The Bertz CT molecular complexity index is 907. The summed E-state index contributed by atoms with van der Waals surface area (Å²) in [5.74, 6) is -0.0574. The van der Waals surface area contributed by atoms with Crippen molar-refractivity contribution in [1.29, 1.82) is 0 Å². The summed E-state index contributed by atoms with van der Waals surface area (Å²) in [7, 11) is -2.48. The molecule has 0 aliphatic rings. The number of nitrogens with zero attached hydrogens (tertiary/aromatic N) is 2. The zero-order chi connectivity index (χ0) is 18.7. The number of aryl methyl sites for hydroxylation is 1. The molecule has 0 aromatic heterocycles. The third-order valence-electron chi connectivity index (χ3n) is 3.89. The predicted octanol–water partition coefficient (Wildman–Crippen LogP) is 1.95. The van der Waals surface area contributed by atoms with E-state index >= 15 is 0 Å². The van der Waals surface area contributed by atoms with Crippen LogP contribution in [-0.4, -0.2) is 48.0 Å². The fourth-order valence-corrected chi connectivity index (χ4v) is 4.33. The summed E-state index contributed by atoms with van der Waals surface area (Å²) in [6.45, 7) is 0. The molecule has 0 unspecified atom stereocenters.